The van der Waals surface area contributed by atoms with Gasteiger partial charge in [-0.15, -0.1) is 0 Å². The van der Waals surface area contributed by atoms with Gasteiger partial charge >= 0.3 is 5.97 Å². The molecule has 0 bridgehead atoms. The van der Waals surface area contributed by atoms with Crippen molar-refractivity contribution in [2.24, 2.45) is 0 Å². The van der Waals surface area contributed by atoms with Gasteiger partial charge in [-0.2, -0.15) is 0 Å². The number of fused-ring (bicyclic) bond motifs is 2. The van der Waals surface area contributed by atoms with E-state index >= 15 is 0 Å². The number of esters is 1. The number of carbonyl (C=O) groups excluding carboxylic acids is 1. The summed E-state index contributed by atoms with van der Waals surface area (Å²) in [5, 5.41) is 0.527. The summed E-state index contributed by atoms with van der Waals surface area (Å²) in [6.45, 7) is 0. The van der Waals surface area contributed by atoms with Gasteiger partial charge in [-0.25, -0.2) is 0 Å². The highest BCUT2D eigenvalue weighted by molar-refractivity contribution is 5.86. The second kappa shape index (κ2) is 4.84. The summed E-state index contributed by atoms with van der Waals surface area (Å²) in [4.78, 5) is 24.6. The molecule has 108 valence electrons. The van der Waals surface area contributed by atoms with E-state index < -0.39 is 5.92 Å². The van der Waals surface area contributed by atoms with Crippen LogP contribution in [0.2, 0.25) is 0 Å². The minimum Gasteiger partial charge on any atom is -0.464 e. The second-order valence-electron chi connectivity index (χ2n) is 5.30. The molecule has 2 heterocycles. The van der Waals surface area contributed by atoms with Crippen molar-refractivity contribution in [1.82, 2.24) is 0 Å². The zero-order valence-corrected chi connectivity index (χ0v) is 11.6. The average Bonchev–Trinajstić information content (AvgIpc) is 2.86. The summed E-state index contributed by atoms with van der Waals surface area (Å²) in [6.07, 6.45) is 1.72. The molecule has 0 radical (unpaired) electrons. The lowest BCUT2D eigenvalue weighted by molar-refractivity contribution is -0.134. The van der Waals surface area contributed by atoms with Crippen molar-refractivity contribution >= 4 is 16.9 Å². The molecular weight excluding hydrogens is 280 g/mol. The maximum Gasteiger partial charge on any atom is 0.319 e. The van der Waals surface area contributed by atoms with Crippen LogP contribution in [0.25, 0.3) is 11.0 Å². The zero-order valence-electron chi connectivity index (χ0n) is 11.6. The molecule has 0 amide bonds. The average molecular weight is 292 g/mol. The summed E-state index contributed by atoms with van der Waals surface area (Å²) in [7, 11) is 0. The highest BCUT2D eigenvalue weighted by Crippen LogP contribution is 2.36. The first-order chi connectivity index (χ1) is 10.7. The Kier molecular flexibility index (Phi) is 2.82. The first kappa shape index (κ1) is 12.8. The summed E-state index contributed by atoms with van der Waals surface area (Å²) >= 11 is 0. The number of carbonyl (C=O) groups is 1. The summed E-state index contributed by atoms with van der Waals surface area (Å²) in [5.74, 6) is -0.211. The predicted octanol–water partition coefficient (Wildman–Crippen LogP) is 3.04. The molecule has 2 aromatic carbocycles. The van der Waals surface area contributed by atoms with Crippen LogP contribution in [0.5, 0.6) is 5.75 Å². The molecule has 4 heteroatoms. The Balaban J connectivity index is 1.77. The van der Waals surface area contributed by atoms with Crippen molar-refractivity contribution in [2.45, 2.75) is 12.3 Å². The lowest BCUT2D eigenvalue weighted by atomic mass is 9.93. The van der Waals surface area contributed by atoms with Crippen LogP contribution in [0.1, 0.15) is 17.0 Å². The quantitative estimate of drug-likeness (QED) is 0.538. The molecule has 1 aliphatic rings. The number of hydrogen-bond acceptors (Lipinski definition) is 4. The van der Waals surface area contributed by atoms with E-state index in [1.807, 2.05) is 24.3 Å². The molecule has 0 saturated heterocycles. The molecule has 22 heavy (non-hydrogen) atoms. The van der Waals surface area contributed by atoms with Gasteiger partial charge in [-0.05, 0) is 24.6 Å². The summed E-state index contributed by atoms with van der Waals surface area (Å²) < 4.78 is 10.8. The van der Waals surface area contributed by atoms with Gasteiger partial charge in [0, 0.05) is 11.1 Å². The van der Waals surface area contributed by atoms with Crippen LogP contribution in [0.15, 0.2) is 64.0 Å². The third kappa shape index (κ3) is 1.92. The van der Waals surface area contributed by atoms with E-state index in [-0.39, 0.29) is 17.8 Å². The van der Waals surface area contributed by atoms with Gasteiger partial charge in [-0.1, -0.05) is 30.3 Å². The number of benzene rings is 2. The number of ether oxygens (including phenoxy) is 1. The van der Waals surface area contributed by atoms with Gasteiger partial charge in [-0.3, -0.25) is 9.59 Å². The zero-order chi connectivity index (χ0) is 15.1. The molecular formula is C18H12O4. The van der Waals surface area contributed by atoms with Crippen LogP contribution in [-0.4, -0.2) is 5.97 Å². The fourth-order valence-electron chi connectivity index (χ4n) is 2.84. The first-order valence-corrected chi connectivity index (χ1v) is 7.04. The summed E-state index contributed by atoms with van der Waals surface area (Å²) in [6, 6.07) is 14.4. The van der Waals surface area contributed by atoms with E-state index in [9.17, 15) is 9.59 Å². The molecule has 1 unspecified atom stereocenters. The van der Waals surface area contributed by atoms with Crippen LogP contribution < -0.4 is 10.2 Å². The molecule has 0 aliphatic carbocycles. The first-order valence-electron chi connectivity index (χ1n) is 7.04. The normalized spacial score (nSPS) is 16.5. The maximum atomic E-state index is 12.5. The number of hydrogen-bond donors (Lipinski definition) is 0. The predicted molar refractivity (Wildman–Crippen MR) is 81.0 cm³/mol. The van der Waals surface area contributed by atoms with Crippen LogP contribution in [0.3, 0.4) is 0 Å². The number of rotatable bonds is 2. The van der Waals surface area contributed by atoms with Crippen molar-refractivity contribution in [3.05, 3.63) is 76.1 Å². The molecule has 1 atom stereocenters. The van der Waals surface area contributed by atoms with E-state index in [0.29, 0.717) is 22.3 Å². The molecule has 1 aliphatic heterocycles. The molecule has 3 aromatic rings. The SMILES string of the molecule is O=C1Oc2ccccc2C1Cc1coc2ccccc2c1=O. The van der Waals surface area contributed by atoms with Crippen molar-refractivity contribution < 1.29 is 13.9 Å². The Hall–Kier alpha value is -2.88. The van der Waals surface area contributed by atoms with Gasteiger partial charge in [0.1, 0.15) is 11.3 Å². The minimum atomic E-state index is -0.458. The number of para-hydroxylation sites is 2. The topological polar surface area (TPSA) is 56.5 Å². The molecule has 0 fully saturated rings. The molecule has 4 nitrogen and oxygen atoms in total. The fourth-order valence-corrected chi connectivity index (χ4v) is 2.84. The third-order valence-corrected chi connectivity index (χ3v) is 3.97. The van der Waals surface area contributed by atoms with Crippen molar-refractivity contribution in [3.63, 3.8) is 0 Å². The highest BCUT2D eigenvalue weighted by atomic mass is 16.5. The Morgan fingerprint density at radius 2 is 1.73 bits per heavy atom. The van der Waals surface area contributed by atoms with E-state index in [4.69, 9.17) is 9.15 Å². The highest BCUT2D eigenvalue weighted by Gasteiger charge is 2.33. The molecule has 1 aromatic heterocycles. The van der Waals surface area contributed by atoms with Gasteiger partial charge in [0.05, 0.1) is 17.6 Å². The van der Waals surface area contributed by atoms with Gasteiger partial charge in [0.25, 0.3) is 0 Å². The molecule has 0 saturated carbocycles. The van der Waals surface area contributed by atoms with Crippen molar-refractivity contribution in [2.75, 3.05) is 0 Å². The Bertz CT molecular complexity index is 939. The van der Waals surface area contributed by atoms with Gasteiger partial charge < -0.3 is 9.15 Å². The second-order valence-corrected chi connectivity index (χ2v) is 5.30. The summed E-state index contributed by atoms with van der Waals surface area (Å²) in [5.41, 5.74) is 1.75. The van der Waals surface area contributed by atoms with E-state index in [0.717, 1.165) is 5.56 Å². The van der Waals surface area contributed by atoms with E-state index in [1.54, 1.807) is 24.3 Å². The Morgan fingerprint density at radius 3 is 2.64 bits per heavy atom. The monoisotopic (exact) mass is 292 g/mol. The van der Waals surface area contributed by atoms with Gasteiger partial charge in [0.15, 0.2) is 5.43 Å². The fraction of sp³-hybridized carbons (Fsp3) is 0.111. The minimum absolute atomic E-state index is 0.0981. The Morgan fingerprint density at radius 1 is 0.955 bits per heavy atom. The van der Waals surface area contributed by atoms with Crippen molar-refractivity contribution in [3.8, 4) is 5.75 Å². The van der Waals surface area contributed by atoms with Crippen LogP contribution in [-0.2, 0) is 11.2 Å². The third-order valence-electron chi connectivity index (χ3n) is 3.97. The van der Waals surface area contributed by atoms with Crippen molar-refractivity contribution in [1.29, 1.82) is 0 Å². The van der Waals surface area contributed by atoms with Crippen LogP contribution >= 0.6 is 0 Å². The van der Waals surface area contributed by atoms with E-state index in [1.165, 1.54) is 6.26 Å². The van der Waals surface area contributed by atoms with Crippen LogP contribution in [0.4, 0.5) is 0 Å². The molecule has 0 N–H and O–H groups in total. The van der Waals surface area contributed by atoms with E-state index in [2.05, 4.69) is 0 Å². The lowest BCUT2D eigenvalue weighted by Crippen LogP contribution is -2.17. The lowest BCUT2D eigenvalue weighted by Gasteiger charge is -2.07. The molecule has 4 rings (SSSR count). The smallest absolute Gasteiger partial charge is 0.319 e. The Labute approximate surface area is 126 Å². The molecule has 0 spiro atoms. The largest absolute Gasteiger partial charge is 0.464 e. The van der Waals surface area contributed by atoms with Crippen LogP contribution in [0, 0.1) is 0 Å². The maximum absolute atomic E-state index is 12.5. The van der Waals surface area contributed by atoms with Gasteiger partial charge in [0.2, 0.25) is 0 Å². The standard InChI is InChI=1S/C18H12O4/c19-17-11(10-21-15-7-3-2-6-13(15)17)9-14-12-5-1-4-8-16(12)22-18(14)20/h1-8,10,14H,9H2.